The van der Waals surface area contributed by atoms with E-state index in [0.717, 1.165) is 27.7 Å². The van der Waals surface area contributed by atoms with Crippen LogP contribution in [0.5, 0.6) is 0 Å². The maximum atomic E-state index is 6.24. The lowest BCUT2D eigenvalue weighted by molar-refractivity contribution is 0.647. The summed E-state index contributed by atoms with van der Waals surface area (Å²) in [5.74, 6) is 0. The van der Waals surface area contributed by atoms with Crippen LogP contribution in [0.4, 0.5) is 11.4 Å². The largest absolute Gasteiger partial charge is 0.435 e. The topological polar surface area (TPSA) is 32.5 Å². The molecule has 0 radical (unpaired) electrons. The van der Waals surface area contributed by atoms with Gasteiger partial charge in [-0.3, -0.25) is 0 Å². The number of benzene rings is 2. The summed E-state index contributed by atoms with van der Waals surface area (Å²) in [6.45, 7) is 6.32. The van der Waals surface area contributed by atoms with Crippen LogP contribution in [0.2, 0.25) is 0 Å². The number of hydrogen-bond acceptors (Lipinski definition) is 4. The zero-order valence-corrected chi connectivity index (χ0v) is 15.7. The van der Waals surface area contributed by atoms with E-state index in [2.05, 4.69) is 83.5 Å². The molecule has 2 aromatic carbocycles. The minimum Gasteiger partial charge on any atom is -0.435 e. The Balaban J connectivity index is 1.66. The van der Waals surface area contributed by atoms with E-state index in [-0.39, 0.29) is 6.17 Å². The van der Waals surface area contributed by atoms with Crippen molar-refractivity contribution in [3.63, 3.8) is 0 Å². The molecule has 0 bridgehead atoms. The van der Waals surface area contributed by atoms with Crippen molar-refractivity contribution >= 4 is 33.4 Å². The summed E-state index contributed by atoms with van der Waals surface area (Å²) in [7, 11) is 0. The smallest absolute Gasteiger partial charge is 0.227 e. The van der Waals surface area contributed by atoms with Gasteiger partial charge in [-0.1, -0.05) is 30.3 Å². The molecule has 5 rings (SSSR count). The van der Waals surface area contributed by atoms with Crippen LogP contribution < -0.4 is 9.80 Å². The number of fused-ring (bicyclic) bond motifs is 3. The van der Waals surface area contributed by atoms with Gasteiger partial charge in [-0.2, -0.15) is 0 Å². The number of aryl methyl sites for hydroxylation is 2. The monoisotopic (exact) mass is 355 g/mol. The Morgan fingerprint density at radius 1 is 0.852 bits per heavy atom. The number of pyridine rings is 1. The third-order valence-electron chi connectivity index (χ3n) is 5.33. The Morgan fingerprint density at radius 2 is 1.59 bits per heavy atom. The van der Waals surface area contributed by atoms with Crippen LogP contribution in [0, 0.1) is 13.8 Å². The molecule has 0 fully saturated rings. The minimum atomic E-state index is 0.152. The molecule has 4 nitrogen and oxygen atoms in total. The van der Waals surface area contributed by atoms with Gasteiger partial charge in [0.15, 0.2) is 5.58 Å². The van der Waals surface area contributed by atoms with Gasteiger partial charge in [-0.25, -0.2) is 4.98 Å². The van der Waals surface area contributed by atoms with Crippen LogP contribution in [-0.2, 0) is 0 Å². The van der Waals surface area contributed by atoms with Gasteiger partial charge in [-0.05, 0) is 50.6 Å². The first kappa shape index (κ1) is 15.9. The Hall–Kier alpha value is -3.27. The predicted molar refractivity (Wildman–Crippen MR) is 111 cm³/mol. The normalized spacial score (nSPS) is 16.8. The van der Waals surface area contributed by atoms with E-state index < -0.39 is 0 Å². The van der Waals surface area contributed by atoms with E-state index in [9.17, 15) is 0 Å². The second-order valence-electron chi connectivity index (χ2n) is 7.10. The van der Waals surface area contributed by atoms with Crippen LogP contribution in [0.15, 0.2) is 71.4 Å². The van der Waals surface area contributed by atoms with E-state index in [0.29, 0.717) is 5.71 Å². The number of hydrogen-bond donors (Lipinski definition) is 0. The number of rotatable bonds is 2. The zero-order valence-electron chi connectivity index (χ0n) is 15.7. The van der Waals surface area contributed by atoms with Crippen molar-refractivity contribution < 1.29 is 4.42 Å². The Bertz CT molecular complexity index is 1180. The number of para-hydroxylation sites is 1. The number of furan rings is 1. The minimum absolute atomic E-state index is 0.152. The quantitative estimate of drug-likeness (QED) is 0.459. The van der Waals surface area contributed by atoms with Gasteiger partial charge in [0.1, 0.15) is 6.17 Å². The lowest BCUT2D eigenvalue weighted by Gasteiger charge is -2.30. The molecule has 3 heterocycles. The molecule has 1 unspecified atom stereocenters. The van der Waals surface area contributed by atoms with Crippen molar-refractivity contribution in [2.24, 2.45) is 0 Å². The van der Waals surface area contributed by atoms with Gasteiger partial charge in [-0.15, -0.1) is 0 Å². The number of nitrogens with zero attached hydrogens (tertiary/aromatic N) is 3. The molecule has 2 aromatic heterocycles. The van der Waals surface area contributed by atoms with E-state index in [4.69, 9.17) is 4.42 Å². The lowest BCUT2D eigenvalue weighted by atomic mass is 10.1. The van der Waals surface area contributed by atoms with Crippen molar-refractivity contribution in [2.75, 3.05) is 9.80 Å². The van der Waals surface area contributed by atoms with Crippen LogP contribution in [0.3, 0.4) is 0 Å². The molecule has 0 N–H and O–H groups in total. The molecular weight excluding hydrogens is 334 g/mol. The number of aromatic nitrogens is 1. The van der Waals surface area contributed by atoms with Crippen molar-refractivity contribution in [2.45, 2.75) is 26.9 Å². The summed E-state index contributed by atoms with van der Waals surface area (Å²) in [6, 6.07) is 18.9. The SMILES string of the molecule is Cc1ccc2c(n1)oc1c(N3C=CN(c4ccccc4)C3C)c(C)ccc12. The van der Waals surface area contributed by atoms with Crippen molar-refractivity contribution in [1.29, 1.82) is 0 Å². The average Bonchev–Trinajstić information content (AvgIpc) is 3.22. The number of anilines is 2. The fourth-order valence-electron chi connectivity index (χ4n) is 3.91. The van der Waals surface area contributed by atoms with Gasteiger partial charge in [0, 0.05) is 34.6 Å². The molecule has 0 spiro atoms. The molecule has 1 aliphatic rings. The van der Waals surface area contributed by atoms with Gasteiger partial charge >= 0.3 is 0 Å². The van der Waals surface area contributed by atoms with Gasteiger partial charge < -0.3 is 14.2 Å². The molecule has 0 amide bonds. The van der Waals surface area contributed by atoms with Crippen LogP contribution in [-0.4, -0.2) is 11.1 Å². The van der Waals surface area contributed by atoms with Gasteiger partial charge in [0.2, 0.25) is 5.71 Å². The molecule has 27 heavy (non-hydrogen) atoms. The maximum Gasteiger partial charge on any atom is 0.227 e. The van der Waals surface area contributed by atoms with Crippen molar-refractivity contribution in [3.05, 3.63) is 78.3 Å². The van der Waals surface area contributed by atoms with Crippen LogP contribution in [0.1, 0.15) is 18.2 Å². The zero-order chi connectivity index (χ0) is 18.5. The Kier molecular flexibility index (Phi) is 3.47. The second kappa shape index (κ2) is 5.88. The van der Waals surface area contributed by atoms with E-state index in [1.807, 2.05) is 19.1 Å². The average molecular weight is 355 g/mol. The summed E-state index contributed by atoms with van der Waals surface area (Å²) in [5.41, 5.74) is 6.03. The summed E-state index contributed by atoms with van der Waals surface area (Å²) in [5, 5.41) is 2.17. The maximum absolute atomic E-state index is 6.24. The summed E-state index contributed by atoms with van der Waals surface area (Å²) >= 11 is 0. The van der Waals surface area contributed by atoms with E-state index >= 15 is 0 Å². The summed E-state index contributed by atoms with van der Waals surface area (Å²) < 4.78 is 6.24. The summed E-state index contributed by atoms with van der Waals surface area (Å²) in [4.78, 5) is 9.12. The highest BCUT2D eigenvalue weighted by atomic mass is 16.3. The highest BCUT2D eigenvalue weighted by molar-refractivity contribution is 6.08. The first-order chi connectivity index (χ1) is 13.1. The summed E-state index contributed by atoms with van der Waals surface area (Å²) in [6.07, 6.45) is 4.41. The highest BCUT2D eigenvalue weighted by Crippen LogP contribution is 2.40. The Morgan fingerprint density at radius 3 is 2.41 bits per heavy atom. The second-order valence-corrected chi connectivity index (χ2v) is 7.10. The molecule has 1 aliphatic heterocycles. The predicted octanol–water partition coefficient (Wildman–Crippen LogP) is 5.74. The fraction of sp³-hybridized carbons (Fsp3) is 0.174. The standard InChI is InChI=1S/C23H21N3O/c1-15-9-11-19-20-12-10-16(2)24-23(20)27-22(19)21(15)26-14-13-25(17(26)3)18-7-5-4-6-8-18/h4-14,17H,1-3H3. The molecule has 4 heteroatoms. The van der Waals surface area contributed by atoms with E-state index in [1.54, 1.807) is 0 Å². The first-order valence-electron chi connectivity index (χ1n) is 9.23. The first-order valence-corrected chi connectivity index (χ1v) is 9.23. The molecule has 134 valence electrons. The lowest BCUT2D eigenvalue weighted by Crippen LogP contribution is -2.36. The molecule has 0 saturated heterocycles. The van der Waals surface area contributed by atoms with Crippen LogP contribution >= 0.6 is 0 Å². The van der Waals surface area contributed by atoms with Gasteiger partial charge in [0.05, 0.1) is 5.69 Å². The van der Waals surface area contributed by atoms with Crippen LogP contribution in [0.25, 0.3) is 22.1 Å². The highest BCUT2D eigenvalue weighted by Gasteiger charge is 2.28. The fourth-order valence-corrected chi connectivity index (χ4v) is 3.91. The van der Waals surface area contributed by atoms with Crippen molar-refractivity contribution in [1.82, 2.24) is 4.98 Å². The van der Waals surface area contributed by atoms with E-state index in [1.165, 1.54) is 11.3 Å². The molecule has 4 aromatic rings. The third kappa shape index (κ3) is 2.40. The molecule has 0 saturated carbocycles. The van der Waals surface area contributed by atoms with Gasteiger partial charge in [0.25, 0.3) is 0 Å². The molecule has 0 aliphatic carbocycles. The van der Waals surface area contributed by atoms with Crippen molar-refractivity contribution in [3.8, 4) is 0 Å². The Labute approximate surface area is 158 Å². The molecular formula is C23H21N3O. The third-order valence-corrected chi connectivity index (χ3v) is 5.33. The molecule has 1 atom stereocenters.